The molecule has 2 aromatic heterocycles. The lowest BCUT2D eigenvalue weighted by molar-refractivity contribution is -0.137. The molecule has 1 aromatic carbocycles. The Morgan fingerprint density at radius 1 is 1.07 bits per heavy atom. The van der Waals surface area contributed by atoms with Crippen LogP contribution in [0.5, 0.6) is 0 Å². The van der Waals surface area contributed by atoms with E-state index in [1.165, 1.54) is 23.0 Å². The molecule has 30 heavy (non-hydrogen) atoms. The number of hydrogen-bond acceptors (Lipinski definition) is 6. The third kappa shape index (κ3) is 5.72. The minimum atomic E-state index is -4.44. The van der Waals surface area contributed by atoms with Gasteiger partial charge >= 0.3 is 6.18 Å². The average molecular weight is 421 g/mol. The van der Waals surface area contributed by atoms with Gasteiger partial charge in [0, 0.05) is 19.6 Å². The fourth-order valence-electron chi connectivity index (χ4n) is 2.67. The lowest BCUT2D eigenvalue weighted by Crippen LogP contribution is -2.23. The Bertz CT molecular complexity index is 1010. The van der Waals surface area contributed by atoms with Gasteiger partial charge in [-0.3, -0.25) is 19.0 Å². The number of benzene rings is 1. The molecule has 12 heteroatoms. The molecule has 0 spiro atoms. The smallest absolute Gasteiger partial charge is 0.347 e. The standard InChI is InChI=1S/C18H18F3N7O2/c19-18(20,21)14-5-3-4-13(8-14)9-22-17(30)16-11-28(26-24-16)7-2-1-6-27-10-15(12-29)23-25-27/h3-5,8,10-12H,1-2,6-7,9H2,(H,22,30). The molecule has 0 unspecified atom stereocenters. The van der Waals surface area contributed by atoms with Crippen LogP contribution >= 0.6 is 0 Å². The van der Waals surface area contributed by atoms with Crippen molar-refractivity contribution in [2.75, 3.05) is 0 Å². The molecule has 0 atom stereocenters. The van der Waals surface area contributed by atoms with Gasteiger partial charge in [0.15, 0.2) is 12.0 Å². The highest BCUT2D eigenvalue weighted by molar-refractivity contribution is 5.91. The van der Waals surface area contributed by atoms with E-state index in [0.717, 1.165) is 25.0 Å². The Labute approximate surface area is 168 Å². The minimum Gasteiger partial charge on any atom is -0.347 e. The van der Waals surface area contributed by atoms with E-state index in [0.29, 0.717) is 24.9 Å². The minimum absolute atomic E-state index is 0.0592. The van der Waals surface area contributed by atoms with Gasteiger partial charge in [0.2, 0.25) is 0 Å². The maximum Gasteiger partial charge on any atom is 0.416 e. The van der Waals surface area contributed by atoms with Crippen molar-refractivity contribution in [2.45, 2.75) is 38.7 Å². The Balaban J connectivity index is 1.45. The van der Waals surface area contributed by atoms with Gasteiger partial charge in [0.1, 0.15) is 5.69 Å². The van der Waals surface area contributed by atoms with Gasteiger partial charge in [-0.05, 0) is 30.5 Å². The van der Waals surface area contributed by atoms with Crippen molar-refractivity contribution < 1.29 is 22.8 Å². The molecule has 0 aliphatic heterocycles. The third-order valence-electron chi connectivity index (χ3n) is 4.18. The molecule has 0 aliphatic rings. The summed E-state index contributed by atoms with van der Waals surface area (Å²) in [6, 6.07) is 4.75. The topological polar surface area (TPSA) is 108 Å². The maximum absolute atomic E-state index is 12.7. The third-order valence-corrected chi connectivity index (χ3v) is 4.18. The van der Waals surface area contributed by atoms with E-state index in [1.54, 1.807) is 10.9 Å². The average Bonchev–Trinajstić information content (AvgIpc) is 3.38. The Kier molecular flexibility index (Phi) is 6.54. The Morgan fingerprint density at radius 2 is 1.77 bits per heavy atom. The second kappa shape index (κ2) is 9.29. The van der Waals surface area contributed by atoms with Gasteiger partial charge in [-0.1, -0.05) is 22.6 Å². The fourth-order valence-corrected chi connectivity index (χ4v) is 2.67. The quantitative estimate of drug-likeness (QED) is 0.419. The van der Waals surface area contributed by atoms with Crippen molar-refractivity contribution in [1.29, 1.82) is 0 Å². The number of aldehydes is 1. The van der Waals surface area contributed by atoms with E-state index in [9.17, 15) is 22.8 Å². The number of alkyl halides is 3. The van der Waals surface area contributed by atoms with Gasteiger partial charge < -0.3 is 5.32 Å². The number of amides is 1. The predicted molar refractivity (Wildman–Crippen MR) is 97.3 cm³/mol. The van der Waals surface area contributed by atoms with Crippen LogP contribution in [-0.4, -0.2) is 42.2 Å². The summed E-state index contributed by atoms with van der Waals surface area (Å²) in [7, 11) is 0. The summed E-state index contributed by atoms with van der Waals surface area (Å²) in [5, 5.41) is 17.7. The summed E-state index contributed by atoms with van der Waals surface area (Å²) in [6.07, 6.45) is 0.687. The van der Waals surface area contributed by atoms with Crippen molar-refractivity contribution >= 4 is 12.2 Å². The van der Waals surface area contributed by atoms with Crippen LogP contribution in [0.25, 0.3) is 0 Å². The SMILES string of the molecule is O=Cc1cn(CCCCn2cc(C(=O)NCc3cccc(C(F)(F)F)c3)nn2)nn1. The number of carbonyl (C=O) groups excluding carboxylic acids is 2. The van der Waals surface area contributed by atoms with E-state index in [-0.39, 0.29) is 17.9 Å². The number of halogens is 3. The zero-order chi connectivity index (χ0) is 21.6. The second-order valence-electron chi connectivity index (χ2n) is 6.48. The Morgan fingerprint density at radius 3 is 2.43 bits per heavy atom. The molecule has 0 saturated heterocycles. The van der Waals surface area contributed by atoms with Crippen LogP contribution in [0.3, 0.4) is 0 Å². The van der Waals surface area contributed by atoms with Crippen molar-refractivity contribution in [3.05, 3.63) is 59.2 Å². The van der Waals surface area contributed by atoms with Crippen molar-refractivity contribution in [1.82, 2.24) is 35.3 Å². The van der Waals surface area contributed by atoms with Gasteiger partial charge in [-0.25, -0.2) is 0 Å². The number of nitrogens with zero attached hydrogens (tertiary/aromatic N) is 6. The first-order chi connectivity index (χ1) is 14.3. The molecule has 158 valence electrons. The molecule has 9 nitrogen and oxygen atoms in total. The van der Waals surface area contributed by atoms with E-state index >= 15 is 0 Å². The number of unbranched alkanes of at least 4 members (excludes halogenated alkanes) is 1. The highest BCUT2D eigenvalue weighted by Gasteiger charge is 2.30. The monoisotopic (exact) mass is 421 g/mol. The van der Waals surface area contributed by atoms with Crippen LogP contribution in [0.4, 0.5) is 13.2 Å². The number of aryl methyl sites for hydroxylation is 2. The van der Waals surface area contributed by atoms with E-state index < -0.39 is 17.6 Å². The van der Waals surface area contributed by atoms with Crippen LogP contribution in [0.2, 0.25) is 0 Å². The molecule has 1 N–H and O–H groups in total. The molecule has 3 aromatic rings. The van der Waals surface area contributed by atoms with Crippen LogP contribution in [0, 0.1) is 0 Å². The molecular formula is C18H18F3N7O2. The highest BCUT2D eigenvalue weighted by atomic mass is 19.4. The van der Waals surface area contributed by atoms with E-state index in [4.69, 9.17) is 0 Å². The molecular weight excluding hydrogens is 403 g/mol. The summed E-state index contributed by atoms with van der Waals surface area (Å²) in [6.45, 7) is 1.04. The summed E-state index contributed by atoms with van der Waals surface area (Å²) >= 11 is 0. The highest BCUT2D eigenvalue weighted by Crippen LogP contribution is 2.29. The molecule has 0 bridgehead atoms. The second-order valence-corrected chi connectivity index (χ2v) is 6.48. The number of aromatic nitrogens is 6. The lowest BCUT2D eigenvalue weighted by Gasteiger charge is -2.09. The zero-order valence-electron chi connectivity index (χ0n) is 15.7. The predicted octanol–water partition coefficient (Wildman–Crippen LogP) is 2.11. The zero-order valence-corrected chi connectivity index (χ0v) is 15.7. The van der Waals surface area contributed by atoms with E-state index in [1.807, 2.05) is 0 Å². The summed E-state index contributed by atoms with van der Waals surface area (Å²) in [5.74, 6) is -0.525. The molecule has 0 fully saturated rings. The van der Waals surface area contributed by atoms with Gasteiger partial charge in [-0.2, -0.15) is 13.2 Å². The van der Waals surface area contributed by atoms with Crippen LogP contribution in [0.15, 0.2) is 36.7 Å². The maximum atomic E-state index is 12.7. The first-order valence-electron chi connectivity index (χ1n) is 9.05. The summed E-state index contributed by atoms with van der Waals surface area (Å²) in [4.78, 5) is 22.7. The first-order valence-corrected chi connectivity index (χ1v) is 9.05. The first kappa shape index (κ1) is 21.1. The molecule has 3 rings (SSSR count). The number of rotatable bonds is 9. The fraction of sp³-hybridized carbons (Fsp3) is 0.333. The van der Waals surface area contributed by atoms with Crippen molar-refractivity contribution in [3.63, 3.8) is 0 Å². The largest absolute Gasteiger partial charge is 0.416 e. The summed E-state index contributed by atoms with van der Waals surface area (Å²) < 4.78 is 41.3. The van der Waals surface area contributed by atoms with Crippen LogP contribution in [-0.2, 0) is 25.8 Å². The summed E-state index contributed by atoms with van der Waals surface area (Å²) in [5.41, 5.74) is -0.0918. The Hall–Kier alpha value is -3.57. The molecule has 0 radical (unpaired) electrons. The molecule has 2 heterocycles. The van der Waals surface area contributed by atoms with Crippen LogP contribution in [0.1, 0.15) is 44.9 Å². The molecule has 1 amide bonds. The normalized spacial score (nSPS) is 11.4. The van der Waals surface area contributed by atoms with Gasteiger partial charge in [0.25, 0.3) is 5.91 Å². The van der Waals surface area contributed by atoms with Crippen molar-refractivity contribution in [3.8, 4) is 0 Å². The number of nitrogens with one attached hydrogen (secondary N) is 1. The molecule has 0 saturated carbocycles. The van der Waals surface area contributed by atoms with Gasteiger partial charge in [0.05, 0.1) is 18.0 Å². The van der Waals surface area contributed by atoms with Crippen molar-refractivity contribution in [2.24, 2.45) is 0 Å². The number of carbonyl (C=O) groups is 2. The molecule has 0 aliphatic carbocycles. The van der Waals surface area contributed by atoms with Crippen LogP contribution < -0.4 is 5.32 Å². The van der Waals surface area contributed by atoms with E-state index in [2.05, 4.69) is 25.9 Å². The lowest BCUT2D eigenvalue weighted by atomic mass is 10.1. The number of hydrogen-bond donors (Lipinski definition) is 1. The van der Waals surface area contributed by atoms with Gasteiger partial charge in [-0.15, -0.1) is 10.2 Å².